The van der Waals surface area contributed by atoms with Gasteiger partial charge in [0.15, 0.2) is 0 Å². The molecule has 0 amide bonds. The van der Waals surface area contributed by atoms with E-state index in [0.717, 1.165) is 0 Å². The summed E-state index contributed by atoms with van der Waals surface area (Å²) < 4.78 is 0. The van der Waals surface area contributed by atoms with E-state index in [0.29, 0.717) is 0 Å². The zero-order chi connectivity index (χ0) is 48.7. The molecule has 74 heavy (non-hydrogen) atoms. The highest BCUT2D eigenvalue weighted by molar-refractivity contribution is 6.23. The number of rotatable bonds is 6. The molecule has 0 aromatic heterocycles. The van der Waals surface area contributed by atoms with Gasteiger partial charge in [0.1, 0.15) is 0 Å². The molecule has 0 spiro atoms. The van der Waals surface area contributed by atoms with Crippen molar-refractivity contribution in [3.05, 3.63) is 279 Å². The zero-order valence-electron chi connectivity index (χ0n) is 40.6. The van der Waals surface area contributed by atoms with Crippen molar-refractivity contribution in [2.75, 3.05) is 0 Å². The SMILES string of the molecule is c1ccc2c(-c3cc(-c4cccc5ccccc45)cc(-c4c5ccccc5c(-c5cc(-c6c7ccccc7cc7ccccc67)cc(-c6c7ccccc7cc7ccccc67)c5)c5ccccc45)c3)cccc2c1. The maximum Gasteiger partial charge on any atom is -0.00259 e. The van der Waals surface area contributed by atoms with Gasteiger partial charge in [-0.15, -0.1) is 0 Å². The van der Waals surface area contributed by atoms with Crippen LogP contribution >= 0.6 is 0 Å². The normalized spacial score (nSPS) is 11.8. The molecule has 0 bridgehead atoms. The minimum atomic E-state index is 1.19. The number of hydrogen-bond acceptors (Lipinski definition) is 0. The molecule has 15 aromatic rings. The first-order chi connectivity index (χ1) is 36.7. The summed E-state index contributed by atoms with van der Waals surface area (Å²) in [6.45, 7) is 0. The summed E-state index contributed by atoms with van der Waals surface area (Å²) in [6, 6.07) is 104. The molecule has 0 heterocycles. The van der Waals surface area contributed by atoms with Crippen LogP contribution < -0.4 is 0 Å². The second-order valence-electron chi connectivity index (χ2n) is 19.9. The Bertz CT molecular complexity index is 4370. The van der Waals surface area contributed by atoms with Crippen LogP contribution in [-0.2, 0) is 0 Å². The molecule has 0 nitrogen and oxygen atoms in total. The minimum Gasteiger partial charge on any atom is -0.0616 e. The lowest BCUT2D eigenvalue weighted by atomic mass is 9.82. The zero-order valence-corrected chi connectivity index (χ0v) is 40.6. The van der Waals surface area contributed by atoms with E-state index in [1.807, 2.05) is 0 Å². The highest BCUT2D eigenvalue weighted by Crippen LogP contribution is 2.49. The van der Waals surface area contributed by atoms with E-state index in [1.54, 1.807) is 0 Å². The molecule has 0 aliphatic rings. The van der Waals surface area contributed by atoms with Crippen molar-refractivity contribution in [1.29, 1.82) is 0 Å². The predicted molar refractivity (Wildman–Crippen MR) is 319 cm³/mol. The predicted octanol–water partition coefficient (Wildman–Crippen LogP) is 20.9. The van der Waals surface area contributed by atoms with Crippen molar-refractivity contribution in [3.63, 3.8) is 0 Å². The first-order valence-corrected chi connectivity index (χ1v) is 25.7. The Morgan fingerprint density at radius 3 is 0.676 bits per heavy atom. The topological polar surface area (TPSA) is 0 Å². The van der Waals surface area contributed by atoms with E-state index in [4.69, 9.17) is 0 Å². The van der Waals surface area contributed by atoms with Crippen LogP contribution in [0, 0.1) is 0 Å². The minimum absolute atomic E-state index is 1.19. The summed E-state index contributed by atoms with van der Waals surface area (Å²) in [5.74, 6) is 0. The second kappa shape index (κ2) is 17.0. The smallest absolute Gasteiger partial charge is 0.00259 e. The van der Waals surface area contributed by atoms with Crippen LogP contribution in [0.5, 0.6) is 0 Å². The monoisotopic (exact) mass is 934 g/mol. The molecule has 0 aliphatic heterocycles. The van der Waals surface area contributed by atoms with Crippen molar-refractivity contribution >= 4 is 86.2 Å². The van der Waals surface area contributed by atoms with Crippen LogP contribution in [0.4, 0.5) is 0 Å². The quantitative estimate of drug-likeness (QED) is 0.146. The summed E-state index contributed by atoms with van der Waals surface area (Å²) in [5.41, 5.74) is 14.6. The molecule has 15 aromatic carbocycles. The van der Waals surface area contributed by atoms with Gasteiger partial charge in [-0.3, -0.25) is 0 Å². The van der Waals surface area contributed by atoms with Gasteiger partial charge < -0.3 is 0 Å². The summed E-state index contributed by atoms with van der Waals surface area (Å²) >= 11 is 0. The summed E-state index contributed by atoms with van der Waals surface area (Å²) in [5, 5.41) is 19.8. The van der Waals surface area contributed by atoms with Gasteiger partial charge in [-0.2, -0.15) is 0 Å². The third kappa shape index (κ3) is 6.77. The van der Waals surface area contributed by atoms with Crippen LogP contribution in [0.25, 0.3) is 153 Å². The molecule has 0 N–H and O–H groups in total. The number of fused-ring (bicyclic) bond motifs is 8. The average Bonchev–Trinajstić information content (AvgIpc) is 3.48. The number of hydrogen-bond donors (Lipinski definition) is 0. The summed E-state index contributed by atoms with van der Waals surface area (Å²) in [6.07, 6.45) is 0. The molecular formula is C74H46. The van der Waals surface area contributed by atoms with Gasteiger partial charge >= 0.3 is 0 Å². The molecule has 0 aliphatic carbocycles. The average molecular weight is 935 g/mol. The Labute approximate surface area is 429 Å². The van der Waals surface area contributed by atoms with Crippen molar-refractivity contribution in [1.82, 2.24) is 0 Å². The maximum atomic E-state index is 2.48. The lowest BCUT2D eigenvalue weighted by molar-refractivity contribution is 1.61. The maximum absolute atomic E-state index is 2.48. The standard InChI is InChI=1S/C74H46/c1-7-27-59-47(19-1)25-17-37-61(59)53-41-54(62-38-18-26-48-20-2-8-28-60(48)62)43-55(42-53)73-67-33-13-15-35-69(67)74(70-36-16-14-34-68(70)73)58-45-56(71-63-29-9-3-21-49(63)39-50-22-4-10-30-64(50)71)44-57(46-58)72-65-31-11-5-23-51(65)40-52-24-6-12-32-66(52)72/h1-46H. The molecule has 15 rings (SSSR count). The molecule has 342 valence electrons. The summed E-state index contributed by atoms with van der Waals surface area (Å²) in [4.78, 5) is 0. The largest absolute Gasteiger partial charge is 0.0616 e. The van der Waals surface area contributed by atoms with Crippen molar-refractivity contribution in [3.8, 4) is 66.8 Å². The van der Waals surface area contributed by atoms with Crippen LogP contribution in [0.15, 0.2) is 279 Å². The van der Waals surface area contributed by atoms with Crippen molar-refractivity contribution < 1.29 is 0 Å². The molecular weight excluding hydrogens is 889 g/mol. The Balaban J connectivity index is 1.06. The Morgan fingerprint density at radius 1 is 0.135 bits per heavy atom. The van der Waals surface area contributed by atoms with Crippen LogP contribution in [0.1, 0.15) is 0 Å². The van der Waals surface area contributed by atoms with Gasteiger partial charge in [-0.05, 0) is 201 Å². The second-order valence-corrected chi connectivity index (χ2v) is 19.9. The van der Waals surface area contributed by atoms with Gasteiger partial charge in [0.25, 0.3) is 0 Å². The third-order valence-electron chi connectivity index (χ3n) is 15.7. The van der Waals surface area contributed by atoms with Gasteiger partial charge in [-0.25, -0.2) is 0 Å². The van der Waals surface area contributed by atoms with Crippen LogP contribution in [0.3, 0.4) is 0 Å². The molecule has 0 radical (unpaired) electrons. The first kappa shape index (κ1) is 42.1. The fourth-order valence-electron chi connectivity index (χ4n) is 12.5. The first-order valence-electron chi connectivity index (χ1n) is 25.7. The highest BCUT2D eigenvalue weighted by Gasteiger charge is 2.22. The van der Waals surface area contributed by atoms with Gasteiger partial charge in [-0.1, -0.05) is 231 Å². The molecule has 0 saturated heterocycles. The molecule has 0 fully saturated rings. The molecule has 0 unspecified atom stereocenters. The fraction of sp³-hybridized carbons (Fsp3) is 0. The number of benzene rings is 15. The van der Waals surface area contributed by atoms with Gasteiger partial charge in [0, 0.05) is 0 Å². The molecule has 0 saturated carbocycles. The van der Waals surface area contributed by atoms with Crippen molar-refractivity contribution in [2.24, 2.45) is 0 Å². The van der Waals surface area contributed by atoms with Crippen molar-refractivity contribution in [2.45, 2.75) is 0 Å². The van der Waals surface area contributed by atoms with E-state index in [1.165, 1.54) is 153 Å². The molecule has 0 heteroatoms. The molecule has 0 atom stereocenters. The Morgan fingerprint density at radius 2 is 0.351 bits per heavy atom. The lowest BCUT2D eigenvalue weighted by Crippen LogP contribution is -1.94. The Kier molecular flexibility index (Phi) is 9.68. The van der Waals surface area contributed by atoms with E-state index in [2.05, 4.69) is 279 Å². The van der Waals surface area contributed by atoms with E-state index >= 15 is 0 Å². The van der Waals surface area contributed by atoms with E-state index in [9.17, 15) is 0 Å². The van der Waals surface area contributed by atoms with Gasteiger partial charge in [0.05, 0.1) is 0 Å². The fourth-order valence-corrected chi connectivity index (χ4v) is 12.5. The highest BCUT2D eigenvalue weighted by atomic mass is 14.3. The van der Waals surface area contributed by atoms with Gasteiger partial charge in [0.2, 0.25) is 0 Å². The van der Waals surface area contributed by atoms with E-state index in [-0.39, 0.29) is 0 Å². The van der Waals surface area contributed by atoms with Crippen LogP contribution in [-0.4, -0.2) is 0 Å². The van der Waals surface area contributed by atoms with Crippen LogP contribution in [0.2, 0.25) is 0 Å². The Hall–Kier alpha value is -9.62. The van der Waals surface area contributed by atoms with E-state index < -0.39 is 0 Å². The third-order valence-corrected chi connectivity index (χ3v) is 15.7. The lowest BCUT2D eigenvalue weighted by Gasteiger charge is -2.21. The summed E-state index contributed by atoms with van der Waals surface area (Å²) in [7, 11) is 0.